The summed E-state index contributed by atoms with van der Waals surface area (Å²) in [5.74, 6) is 1.55. The van der Waals surface area contributed by atoms with E-state index in [1.807, 2.05) is 25.1 Å². The Labute approximate surface area is 188 Å². The lowest BCUT2D eigenvalue weighted by atomic mass is 9.84. The van der Waals surface area contributed by atoms with Gasteiger partial charge in [-0.3, -0.25) is 9.20 Å². The standard InChI is InChI=1S/C20H32ClN3OS.HI/c1-5-26(25)16-10-8-9-15(13-16)24-19(22-4)23-14-20(2,3)17-11-6-7-12-18(17)21;/h6-7,11-12,15-16H,5,8-10,13-14H2,1-4H3,(H2,22,23,24);1H. The average Bonchev–Trinajstić information content (AvgIpc) is 2.64. The normalized spacial score (nSPS) is 21.9. The Balaban J connectivity index is 0.00000364. The van der Waals surface area contributed by atoms with Gasteiger partial charge in [-0.2, -0.15) is 0 Å². The third-order valence-corrected chi connectivity index (χ3v) is 7.22. The first kappa shape index (κ1) is 24.7. The van der Waals surface area contributed by atoms with Crippen LogP contribution in [0.25, 0.3) is 0 Å². The van der Waals surface area contributed by atoms with Gasteiger partial charge in [0.05, 0.1) is 0 Å². The van der Waals surface area contributed by atoms with E-state index in [-0.39, 0.29) is 29.4 Å². The largest absolute Gasteiger partial charge is 0.356 e. The van der Waals surface area contributed by atoms with Gasteiger partial charge in [-0.25, -0.2) is 0 Å². The molecular formula is C20H33ClIN3OS. The van der Waals surface area contributed by atoms with Crippen molar-refractivity contribution in [2.24, 2.45) is 4.99 Å². The number of hydrogen-bond acceptors (Lipinski definition) is 2. The third-order valence-electron chi connectivity index (χ3n) is 5.15. The van der Waals surface area contributed by atoms with Crippen molar-refractivity contribution in [3.8, 4) is 0 Å². The van der Waals surface area contributed by atoms with E-state index < -0.39 is 10.8 Å². The van der Waals surface area contributed by atoms with Crippen molar-refractivity contribution in [3.05, 3.63) is 34.9 Å². The Morgan fingerprint density at radius 2 is 2.04 bits per heavy atom. The van der Waals surface area contributed by atoms with Crippen molar-refractivity contribution in [3.63, 3.8) is 0 Å². The minimum atomic E-state index is -0.711. The summed E-state index contributed by atoms with van der Waals surface area (Å²) in [6.07, 6.45) is 4.25. The number of nitrogens with one attached hydrogen (secondary N) is 2. The van der Waals surface area contributed by atoms with Crippen LogP contribution in [0.15, 0.2) is 29.3 Å². The van der Waals surface area contributed by atoms with Gasteiger partial charge in [0.15, 0.2) is 5.96 Å². The predicted octanol–water partition coefficient (Wildman–Crippen LogP) is 4.48. The first-order valence-corrected chi connectivity index (χ1v) is 11.2. The van der Waals surface area contributed by atoms with Crippen LogP contribution in [0, 0.1) is 0 Å². The van der Waals surface area contributed by atoms with E-state index in [0.717, 1.165) is 54.5 Å². The Kier molecular flexibility index (Phi) is 10.6. The van der Waals surface area contributed by atoms with Gasteiger partial charge in [0.2, 0.25) is 0 Å². The highest BCUT2D eigenvalue weighted by Gasteiger charge is 2.27. The van der Waals surface area contributed by atoms with Crippen LogP contribution in [-0.4, -0.2) is 40.8 Å². The molecule has 1 saturated carbocycles. The Hall–Kier alpha value is -0.340. The Bertz CT molecular complexity index is 654. The van der Waals surface area contributed by atoms with Crippen molar-refractivity contribution in [1.82, 2.24) is 10.6 Å². The maximum absolute atomic E-state index is 12.1. The summed E-state index contributed by atoms with van der Waals surface area (Å²) in [7, 11) is 1.08. The molecule has 1 aromatic rings. The van der Waals surface area contributed by atoms with Crippen LogP contribution >= 0.6 is 35.6 Å². The number of guanidine groups is 1. The zero-order valence-electron chi connectivity index (χ0n) is 16.8. The molecule has 2 rings (SSSR count). The number of benzene rings is 1. The van der Waals surface area contributed by atoms with E-state index in [2.05, 4.69) is 35.5 Å². The van der Waals surface area contributed by atoms with E-state index in [0.29, 0.717) is 11.3 Å². The molecule has 0 bridgehead atoms. The summed E-state index contributed by atoms with van der Waals surface area (Å²) in [5.41, 5.74) is 1.01. The molecule has 27 heavy (non-hydrogen) atoms. The van der Waals surface area contributed by atoms with Crippen molar-refractivity contribution < 1.29 is 4.21 Å². The molecule has 0 heterocycles. The first-order valence-electron chi connectivity index (χ1n) is 9.46. The molecule has 4 nitrogen and oxygen atoms in total. The second-order valence-electron chi connectivity index (χ2n) is 7.59. The Morgan fingerprint density at radius 1 is 1.33 bits per heavy atom. The highest BCUT2D eigenvalue weighted by molar-refractivity contribution is 14.0. The summed E-state index contributed by atoms with van der Waals surface area (Å²) in [5, 5.41) is 8.07. The van der Waals surface area contributed by atoms with Crippen LogP contribution in [0.5, 0.6) is 0 Å². The zero-order valence-corrected chi connectivity index (χ0v) is 20.7. The van der Waals surface area contributed by atoms with Crippen molar-refractivity contribution >= 4 is 52.3 Å². The van der Waals surface area contributed by atoms with Crippen LogP contribution in [-0.2, 0) is 16.2 Å². The van der Waals surface area contributed by atoms with Crippen LogP contribution in [0.3, 0.4) is 0 Å². The number of halogens is 2. The first-order chi connectivity index (χ1) is 12.4. The molecule has 3 unspecified atom stereocenters. The molecule has 1 aliphatic rings. The SMILES string of the molecule is CCS(=O)C1CCCC(NC(=NC)NCC(C)(C)c2ccccc2Cl)C1.I. The van der Waals surface area contributed by atoms with Gasteiger partial charge in [-0.1, -0.05) is 57.0 Å². The molecule has 0 aliphatic heterocycles. The van der Waals surface area contributed by atoms with E-state index >= 15 is 0 Å². The lowest BCUT2D eigenvalue weighted by Crippen LogP contribution is -2.49. The highest BCUT2D eigenvalue weighted by Crippen LogP contribution is 2.29. The molecule has 7 heteroatoms. The molecule has 1 aromatic carbocycles. The van der Waals surface area contributed by atoms with Gasteiger partial charge < -0.3 is 10.6 Å². The van der Waals surface area contributed by atoms with E-state index in [1.165, 1.54) is 0 Å². The monoisotopic (exact) mass is 525 g/mol. The molecule has 1 aliphatic carbocycles. The smallest absolute Gasteiger partial charge is 0.191 e. The fraction of sp³-hybridized carbons (Fsp3) is 0.650. The summed E-state index contributed by atoms with van der Waals surface area (Å²) >= 11 is 6.37. The molecule has 0 spiro atoms. The zero-order chi connectivity index (χ0) is 19.2. The van der Waals surface area contributed by atoms with Gasteiger partial charge >= 0.3 is 0 Å². The van der Waals surface area contributed by atoms with Crippen LogP contribution in [0.2, 0.25) is 5.02 Å². The average molecular weight is 526 g/mol. The lowest BCUT2D eigenvalue weighted by Gasteiger charge is -2.32. The second kappa shape index (κ2) is 11.6. The molecule has 3 atom stereocenters. The fourth-order valence-electron chi connectivity index (χ4n) is 3.55. The topological polar surface area (TPSA) is 53.5 Å². The molecule has 0 radical (unpaired) electrons. The minimum Gasteiger partial charge on any atom is -0.356 e. The molecule has 1 fully saturated rings. The Morgan fingerprint density at radius 3 is 2.67 bits per heavy atom. The van der Waals surface area contributed by atoms with E-state index in [4.69, 9.17) is 11.6 Å². The summed E-state index contributed by atoms with van der Waals surface area (Å²) in [6.45, 7) is 7.09. The van der Waals surface area contributed by atoms with Gasteiger partial charge in [-0.05, 0) is 30.9 Å². The summed E-state index contributed by atoms with van der Waals surface area (Å²) in [6, 6.07) is 8.31. The summed E-state index contributed by atoms with van der Waals surface area (Å²) in [4.78, 5) is 4.38. The van der Waals surface area contributed by atoms with Crippen molar-refractivity contribution in [2.45, 2.75) is 63.2 Å². The number of nitrogens with zero attached hydrogens (tertiary/aromatic N) is 1. The fourth-order valence-corrected chi connectivity index (χ4v) is 5.29. The molecule has 0 saturated heterocycles. The third kappa shape index (κ3) is 7.20. The highest BCUT2D eigenvalue weighted by atomic mass is 127. The molecule has 0 amide bonds. The van der Waals surface area contributed by atoms with Crippen LogP contribution < -0.4 is 10.6 Å². The van der Waals surface area contributed by atoms with Gasteiger partial charge in [-0.15, -0.1) is 24.0 Å². The van der Waals surface area contributed by atoms with Crippen molar-refractivity contribution in [1.29, 1.82) is 0 Å². The lowest BCUT2D eigenvalue weighted by molar-refractivity contribution is 0.410. The van der Waals surface area contributed by atoms with Gasteiger partial charge in [0.25, 0.3) is 0 Å². The van der Waals surface area contributed by atoms with E-state index in [1.54, 1.807) is 7.05 Å². The second-order valence-corrected chi connectivity index (χ2v) is 10.0. The maximum Gasteiger partial charge on any atom is 0.191 e. The number of rotatable bonds is 6. The molecular weight excluding hydrogens is 493 g/mol. The quantitative estimate of drug-likeness (QED) is 0.327. The molecule has 0 aromatic heterocycles. The number of aliphatic imine (C=N–C) groups is 1. The maximum atomic E-state index is 12.1. The minimum absolute atomic E-state index is 0. The predicted molar refractivity (Wildman–Crippen MR) is 129 cm³/mol. The summed E-state index contributed by atoms with van der Waals surface area (Å²) < 4.78 is 12.1. The van der Waals surface area contributed by atoms with E-state index in [9.17, 15) is 4.21 Å². The van der Waals surface area contributed by atoms with Crippen molar-refractivity contribution in [2.75, 3.05) is 19.3 Å². The molecule has 2 N–H and O–H groups in total. The van der Waals surface area contributed by atoms with Crippen LogP contribution in [0.1, 0.15) is 52.0 Å². The number of hydrogen-bond donors (Lipinski definition) is 2. The van der Waals surface area contributed by atoms with Gasteiger partial charge in [0.1, 0.15) is 0 Å². The van der Waals surface area contributed by atoms with Gasteiger partial charge in [0, 0.05) is 51.9 Å². The molecule has 154 valence electrons. The van der Waals surface area contributed by atoms with Crippen LogP contribution in [0.4, 0.5) is 0 Å².